The molecular formula is C16H28N2O4. The van der Waals surface area contributed by atoms with Crippen molar-refractivity contribution in [3.05, 3.63) is 0 Å². The molecule has 0 bridgehead atoms. The third-order valence-corrected chi connectivity index (χ3v) is 5.01. The largest absolute Gasteiger partial charge is 0.382 e. The van der Waals surface area contributed by atoms with Gasteiger partial charge in [0, 0.05) is 27.1 Å². The van der Waals surface area contributed by atoms with Crippen LogP contribution < -0.4 is 0 Å². The molecule has 2 amide bonds. The van der Waals surface area contributed by atoms with Crippen molar-refractivity contribution in [1.29, 1.82) is 0 Å². The van der Waals surface area contributed by atoms with Crippen LogP contribution in [0.1, 0.15) is 39.5 Å². The first-order valence-electron chi connectivity index (χ1n) is 8.15. The van der Waals surface area contributed by atoms with Gasteiger partial charge in [0.2, 0.25) is 11.8 Å². The van der Waals surface area contributed by atoms with Crippen molar-refractivity contribution in [2.45, 2.75) is 51.1 Å². The summed E-state index contributed by atoms with van der Waals surface area (Å²) in [4.78, 5) is 28.4. The van der Waals surface area contributed by atoms with E-state index in [1.165, 1.54) is 0 Å². The maximum atomic E-state index is 12.5. The highest BCUT2D eigenvalue weighted by Gasteiger charge is 2.49. The van der Waals surface area contributed by atoms with E-state index >= 15 is 0 Å². The molecule has 0 N–H and O–H groups in total. The Labute approximate surface area is 132 Å². The van der Waals surface area contributed by atoms with E-state index < -0.39 is 0 Å². The average Bonchev–Trinajstić information content (AvgIpc) is 2.49. The number of fused-ring (bicyclic) bond motifs is 1. The van der Waals surface area contributed by atoms with Crippen molar-refractivity contribution >= 4 is 11.8 Å². The Morgan fingerprint density at radius 2 is 2.00 bits per heavy atom. The lowest BCUT2D eigenvalue weighted by molar-refractivity contribution is -0.157. The van der Waals surface area contributed by atoms with Gasteiger partial charge in [-0.05, 0) is 32.6 Å². The molecule has 2 saturated heterocycles. The summed E-state index contributed by atoms with van der Waals surface area (Å²) in [5, 5.41) is 0. The lowest BCUT2D eigenvalue weighted by Gasteiger charge is -2.56. The molecule has 0 aromatic carbocycles. The first kappa shape index (κ1) is 17.2. The van der Waals surface area contributed by atoms with Crippen LogP contribution >= 0.6 is 0 Å². The first-order valence-corrected chi connectivity index (χ1v) is 8.15. The maximum absolute atomic E-state index is 12.5. The molecule has 0 spiro atoms. The number of likely N-dealkylation sites (tertiary alicyclic amines) is 2. The number of ether oxygens (including phenoxy) is 2. The van der Waals surface area contributed by atoms with Crippen LogP contribution in [0.4, 0.5) is 0 Å². The Balaban J connectivity index is 2.03. The fourth-order valence-electron chi connectivity index (χ4n) is 3.95. The predicted octanol–water partition coefficient (Wildman–Crippen LogP) is 1.04. The molecule has 0 radical (unpaired) electrons. The van der Waals surface area contributed by atoms with Gasteiger partial charge in [0.25, 0.3) is 0 Å². The molecule has 126 valence electrons. The molecule has 2 rings (SSSR count). The first-order chi connectivity index (χ1) is 10.5. The van der Waals surface area contributed by atoms with E-state index in [1.807, 2.05) is 9.80 Å². The second kappa shape index (κ2) is 7.42. The van der Waals surface area contributed by atoms with Crippen LogP contribution in [0, 0.1) is 0 Å². The van der Waals surface area contributed by atoms with E-state index in [1.54, 1.807) is 14.0 Å². The summed E-state index contributed by atoms with van der Waals surface area (Å²) < 4.78 is 10.3. The lowest BCUT2D eigenvalue weighted by atomic mass is 9.76. The molecule has 2 atom stereocenters. The summed E-state index contributed by atoms with van der Waals surface area (Å²) in [6, 6.07) is 0.109. The Morgan fingerprint density at radius 3 is 2.68 bits per heavy atom. The van der Waals surface area contributed by atoms with Gasteiger partial charge >= 0.3 is 0 Å². The number of hydrogen-bond donors (Lipinski definition) is 0. The Bertz CT molecular complexity index is 415. The van der Waals surface area contributed by atoms with Crippen LogP contribution in [-0.4, -0.2) is 73.2 Å². The van der Waals surface area contributed by atoms with Crippen molar-refractivity contribution in [3.8, 4) is 0 Å². The van der Waals surface area contributed by atoms with Crippen molar-refractivity contribution < 1.29 is 19.1 Å². The number of hydrogen-bond acceptors (Lipinski definition) is 4. The zero-order valence-corrected chi connectivity index (χ0v) is 14.0. The van der Waals surface area contributed by atoms with E-state index in [9.17, 15) is 9.59 Å². The van der Waals surface area contributed by atoms with Crippen LogP contribution in [-0.2, 0) is 19.1 Å². The van der Waals surface area contributed by atoms with E-state index in [0.29, 0.717) is 13.2 Å². The van der Waals surface area contributed by atoms with Gasteiger partial charge < -0.3 is 19.3 Å². The Morgan fingerprint density at radius 1 is 1.23 bits per heavy atom. The third kappa shape index (κ3) is 3.43. The van der Waals surface area contributed by atoms with Crippen molar-refractivity contribution in [3.63, 3.8) is 0 Å². The predicted molar refractivity (Wildman–Crippen MR) is 82.5 cm³/mol. The van der Waals surface area contributed by atoms with Crippen LogP contribution in [0.3, 0.4) is 0 Å². The third-order valence-electron chi connectivity index (χ3n) is 5.01. The number of amides is 2. The summed E-state index contributed by atoms with van der Waals surface area (Å²) in [6.45, 7) is 6.33. The number of methoxy groups -OCH3 is 1. The topological polar surface area (TPSA) is 59.1 Å². The van der Waals surface area contributed by atoms with Crippen molar-refractivity contribution in [2.75, 3.05) is 40.0 Å². The van der Waals surface area contributed by atoms with Gasteiger partial charge in [-0.1, -0.05) is 0 Å². The fraction of sp³-hybridized carbons (Fsp3) is 0.875. The molecule has 2 fully saturated rings. The minimum Gasteiger partial charge on any atom is -0.382 e. The van der Waals surface area contributed by atoms with Gasteiger partial charge in [0.15, 0.2) is 0 Å². The minimum atomic E-state index is -0.232. The summed E-state index contributed by atoms with van der Waals surface area (Å²) in [7, 11) is 1.61. The molecule has 2 aliphatic rings. The molecule has 0 aromatic rings. The molecule has 2 aliphatic heterocycles. The highest BCUT2D eigenvalue weighted by Crippen LogP contribution is 2.39. The van der Waals surface area contributed by atoms with Crippen molar-refractivity contribution in [2.24, 2.45) is 0 Å². The molecule has 0 unspecified atom stereocenters. The van der Waals surface area contributed by atoms with Crippen LogP contribution in [0.5, 0.6) is 0 Å². The lowest BCUT2D eigenvalue weighted by Crippen LogP contribution is -2.68. The molecular weight excluding hydrogens is 284 g/mol. The minimum absolute atomic E-state index is 0.0254. The molecule has 0 saturated carbocycles. The van der Waals surface area contributed by atoms with Gasteiger partial charge in [-0.2, -0.15) is 0 Å². The van der Waals surface area contributed by atoms with Gasteiger partial charge in [-0.15, -0.1) is 0 Å². The summed E-state index contributed by atoms with van der Waals surface area (Å²) in [5.74, 6) is 0.135. The van der Waals surface area contributed by atoms with E-state index in [-0.39, 0.29) is 30.0 Å². The van der Waals surface area contributed by atoms with E-state index in [4.69, 9.17) is 9.47 Å². The molecule has 0 aromatic heterocycles. The summed E-state index contributed by atoms with van der Waals surface area (Å²) >= 11 is 0. The van der Waals surface area contributed by atoms with Gasteiger partial charge in [-0.25, -0.2) is 0 Å². The standard InChI is InChI=1S/C16H28N2O4/c1-13(19)18-9-4-6-14-16(18,2)7-5-8-17(14)15(20)12-22-11-10-21-3/h14H,4-12H2,1-3H3/t14-,16-/m0/s1. The molecule has 6 nitrogen and oxygen atoms in total. The normalized spacial score (nSPS) is 28.4. The van der Waals surface area contributed by atoms with E-state index in [2.05, 4.69) is 6.92 Å². The zero-order valence-electron chi connectivity index (χ0n) is 14.0. The second-order valence-corrected chi connectivity index (χ2v) is 6.42. The average molecular weight is 312 g/mol. The Hall–Kier alpha value is -1.14. The Kier molecular flexibility index (Phi) is 5.81. The second-order valence-electron chi connectivity index (χ2n) is 6.42. The van der Waals surface area contributed by atoms with Gasteiger partial charge in [0.1, 0.15) is 6.61 Å². The monoisotopic (exact) mass is 312 g/mol. The number of carbonyl (C=O) groups is 2. The van der Waals surface area contributed by atoms with Crippen LogP contribution in [0.15, 0.2) is 0 Å². The number of piperidine rings is 2. The summed E-state index contributed by atoms with van der Waals surface area (Å²) in [6.07, 6.45) is 3.81. The maximum Gasteiger partial charge on any atom is 0.248 e. The number of nitrogens with zero attached hydrogens (tertiary/aromatic N) is 2. The molecule has 22 heavy (non-hydrogen) atoms. The fourth-order valence-corrected chi connectivity index (χ4v) is 3.95. The van der Waals surface area contributed by atoms with Crippen LogP contribution in [0.2, 0.25) is 0 Å². The van der Waals surface area contributed by atoms with E-state index in [0.717, 1.165) is 38.8 Å². The highest BCUT2D eigenvalue weighted by molar-refractivity contribution is 5.79. The quantitative estimate of drug-likeness (QED) is 0.712. The number of carbonyl (C=O) groups excluding carboxylic acids is 2. The molecule has 6 heteroatoms. The van der Waals surface area contributed by atoms with Gasteiger partial charge in [0.05, 0.1) is 24.8 Å². The van der Waals surface area contributed by atoms with Crippen LogP contribution in [0.25, 0.3) is 0 Å². The SMILES string of the molecule is COCCOCC(=O)N1CCC[C@@]2(C)[C@@H]1CCCN2C(C)=O. The summed E-state index contributed by atoms with van der Waals surface area (Å²) in [5.41, 5.74) is -0.232. The number of rotatable bonds is 5. The molecule has 0 aliphatic carbocycles. The smallest absolute Gasteiger partial charge is 0.248 e. The highest BCUT2D eigenvalue weighted by atomic mass is 16.5. The van der Waals surface area contributed by atoms with Gasteiger partial charge in [-0.3, -0.25) is 9.59 Å². The van der Waals surface area contributed by atoms with Crippen molar-refractivity contribution in [1.82, 2.24) is 9.80 Å². The molecule has 2 heterocycles. The zero-order chi connectivity index (χ0) is 16.2.